The number of allylic oxidation sites excluding steroid dienone is 1. The monoisotopic (exact) mass is 327 g/mol. The number of hydrogen-bond acceptors (Lipinski definition) is 5. The summed E-state index contributed by atoms with van der Waals surface area (Å²) in [5, 5.41) is 9.05. The lowest BCUT2D eigenvalue weighted by Gasteiger charge is -2.13. The number of halogens is 1. The zero-order chi connectivity index (χ0) is 16.8. The van der Waals surface area contributed by atoms with Gasteiger partial charge in [0.05, 0.1) is 11.6 Å². The predicted molar refractivity (Wildman–Crippen MR) is 87.1 cm³/mol. The summed E-state index contributed by atoms with van der Waals surface area (Å²) < 4.78 is 5.68. The van der Waals surface area contributed by atoms with Crippen molar-refractivity contribution in [3.8, 4) is 11.8 Å². The van der Waals surface area contributed by atoms with Crippen LogP contribution in [0, 0.1) is 11.3 Å². The molecular weight excluding hydrogens is 314 g/mol. The van der Waals surface area contributed by atoms with Crippen molar-refractivity contribution in [3.05, 3.63) is 70.8 Å². The Morgan fingerprint density at radius 1 is 1.30 bits per heavy atom. The lowest BCUT2D eigenvalue weighted by Crippen LogP contribution is -2.14. The Kier molecular flexibility index (Phi) is 5.34. The minimum absolute atomic E-state index is 0.141. The van der Waals surface area contributed by atoms with Crippen LogP contribution in [0.5, 0.6) is 5.75 Å². The first kappa shape index (κ1) is 16.5. The second kappa shape index (κ2) is 7.43. The highest BCUT2D eigenvalue weighted by atomic mass is 35.5. The van der Waals surface area contributed by atoms with Gasteiger partial charge in [-0.25, -0.2) is 4.98 Å². The molecule has 0 unspecified atom stereocenters. The Morgan fingerprint density at radius 2 is 2.00 bits per heavy atom. The van der Waals surface area contributed by atoms with Gasteiger partial charge in [0.15, 0.2) is 5.76 Å². The molecule has 0 atom stereocenters. The van der Waals surface area contributed by atoms with Gasteiger partial charge in [0.1, 0.15) is 10.9 Å². The second-order valence-electron chi connectivity index (χ2n) is 4.89. The van der Waals surface area contributed by atoms with Crippen LogP contribution in [0.1, 0.15) is 15.9 Å². The highest BCUT2D eigenvalue weighted by Gasteiger charge is 2.16. The Labute approximate surface area is 139 Å². The largest absolute Gasteiger partial charge is 0.452 e. The summed E-state index contributed by atoms with van der Waals surface area (Å²) in [6.07, 6.45) is 3.04. The van der Waals surface area contributed by atoms with E-state index in [1.807, 2.05) is 6.07 Å². The maximum atomic E-state index is 12.6. The van der Waals surface area contributed by atoms with Crippen molar-refractivity contribution >= 4 is 17.4 Å². The van der Waals surface area contributed by atoms with Crippen molar-refractivity contribution in [2.45, 2.75) is 0 Å². The van der Waals surface area contributed by atoms with Crippen LogP contribution in [0.4, 0.5) is 0 Å². The van der Waals surface area contributed by atoms with Gasteiger partial charge in [0, 0.05) is 32.1 Å². The van der Waals surface area contributed by atoms with E-state index < -0.39 is 0 Å². The van der Waals surface area contributed by atoms with E-state index in [-0.39, 0.29) is 16.7 Å². The van der Waals surface area contributed by atoms with Crippen molar-refractivity contribution < 1.29 is 9.53 Å². The van der Waals surface area contributed by atoms with Gasteiger partial charge in [0.25, 0.3) is 0 Å². The molecule has 0 fully saturated rings. The predicted octanol–water partition coefficient (Wildman–Crippen LogP) is 3.27. The third-order valence-corrected chi connectivity index (χ3v) is 3.01. The number of pyridine rings is 1. The lowest BCUT2D eigenvalue weighted by atomic mass is 10.1. The van der Waals surface area contributed by atoms with Crippen molar-refractivity contribution in [2.75, 3.05) is 14.1 Å². The van der Waals surface area contributed by atoms with Crippen LogP contribution in [0.3, 0.4) is 0 Å². The van der Waals surface area contributed by atoms with E-state index in [2.05, 4.69) is 4.98 Å². The van der Waals surface area contributed by atoms with Gasteiger partial charge in [-0.2, -0.15) is 5.26 Å². The Balaban J connectivity index is 2.30. The van der Waals surface area contributed by atoms with Crippen LogP contribution < -0.4 is 4.74 Å². The van der Waals surface area contributed by atoms with E-state index >= 15 is 0 Å². The van der Waals surface area contributed by atoms with Crippen LogP contribution in [0.2, 0.25) is 5.15 Å². The van der Waals surface area contributed by atoms with Crippen molar-refractivity contribution in [2.24, 2.45) is 0 Å². The molecular formula is C17H14ClN3O2. The zero-order valence-electron chi connectivity index (χ0n) is 12.7. The maximum Gasteiger partial charge on any atom is 0.229 e. The average molecular weight is 328 g/mol. The van der Waals surface area contributed by atoms with Crippen LogP contribution in [0.15, 0.2) is 54.6 Å². The molecule has 0 aliphatic rings. The molecule has 2 aromatic rings. The van der Waals surface area contributed by atoms with Gasteiger partial charge in [-0.1, -0.05) is 11.6 Å². The van der Waals surface area contributed by atoms with Gasteiger partial charge in [-0.15, -0.1) is 0 Å². The molecule has 0 saturated heterocycles. The van der Waals surface area contributed by atoms with Gasteiger partial charge in [-0.05, 0) is 36.4 Å². The van der Waals surface area contributed by atoms with E-state index in [9.17, 15) is 4.79 Å². The average Bonchev–Trinajstić information content (AvgIpc) is 2.54. The van der Waals surface area contributed by atoms with E-state index in [1.165, 1.54) is 12.3 Å². The third-order valence-electron chi connectivity index (χ3n) is 2.80. The molecule has 2 rings (SSSR count). The summed E-state index contributed by atoms with van der Waals surface area (Å²) in [6.45, 7) is 0. The molecule has 0 saturated carbocycles. The summed E-state index contributed by atoms with van der Waals surface area (Å²) in [5.74, 6) is 0.292. The van der Waals surface area contributed by atoms with E-state index in [0.717, 1.165) is 0 Å². The highest BCUT2D eigenvalue weighted by Crippen LogP contribution is 2.19. The SMILES string of the molecule is CN(C)/C=C(\Oc1ccc(C#N)cc1)C(=O)c1ccnc(Cl)c1. The fourth-order valence-corrected chi connectivity index (χ4v) is 1.95. The van der Waals surface area contributed by atoms with Crippen molar-refractivity contribution in [1.29, 1.82) is 5.26 Å². The number of nitriles is 1. The molecule has 0 N–H and O–H groups in total. The van der Waals surface area contributed by atoms with E-state index in [4.69, 9.17) is 21.6 Å². The zero-order valence-corrected chi connectivity index (χ0v) is 13.4. The van der Waals surface area contributed by atoms with Crippen LogP contribution >= 0.6 is 11.6 Å². The van der Waals surface area contributed by atoms with Crippen molar-refractivity contribution in [1.82, 2.24) is 9.88 Å². The minimum atomic E-state index is -0.313. The number of carbonyl (C=O) groups is 1. The van der Waals surface area contributed by atoms with Gasteiger partial charge >= 0.3 is 0 Å². The summed E-state index contributed by atoms with van der Waals surface area (Å²) in [6, 6.07) is 11.6. The molecule has 1 aromatic heterocycles. The summed E-state index contributed by atoms with van der Waals surface area (Å²) in [5.41, 5.74) is 0.898. The summed E-state index contributed by atoms with van der Waals surface area (Å²) in [7, 11) is 3.57. The van der Waals surface area contributed by atoms with Crippen molar-refractivity contribution in [3.63, 3.8) is 0 Å². The molecule has 0 aliphatic heterocycles. The highest BCUT2D eigenvalue weighted by molar-refractivity contribution is 6.29. The van der Waals surface area contributed by atoms with E-state index in [1.54, 1.807) is 55.5 Å². The molecule has 0 aliphatic carbocycles. The lowest BCUT2D eigenvalue weighted by molar-refractivity contribution is 0.0982. The second-order valence-corrected chi connectivity index (χ2v) is 5.28. The molecule has 116 valence electrons. The molecule has 5 nitrogen and oxygen atoms in total. The van der Waals surface area contributed by atoms with Gasteiger partial charge in [-0.3, -0.25) is 4.79 Å². The fourth-order valence-electron chi connectivity index (χ4n) is 1.78. The first-order chi connectivity index (χ1) is 11.0. The van der Waals surface area contributed by atoms with Crippen LogP contribution in [-0.2, 0) is 0 Å². The molecule has 6 heteroatoms. The number of Topliss-reactive ketones (excluding diaryl/α,β-unsaturated/α-hetero) is 1. The first-order valence-electron chi connectivity index (χ1n) is 6.72. The Morgan fingerprint density at radius 3 is 2.57 bits per heavy atom. The van der Waals surface area contributed by atoms with Gasteiger partial charge in [0.2, 0.25) is 5.78 Å². The smallest absolute Gasteiger partial charge is 0.229 e. The number of nitrogens with zero attached hydrogens (tertiary/aromatic N) is 3. The minimum Gasteiger partial charge on any atom is -0.452 e. The quantitative estimate of drug-likeness (QED) is 0.365. The Hall–Kier alpha value is -2.84. The fraction of sp³-hybridized carbons (Fsp3) is 0.118. The number of benzene rings is 1. The topological polar surface area (TPSA) is 66.2 Å². The van der Waals surface area contributed by atoms with Crippen LogP contribution in [0.25, 0.3) is 0 Å². The number of aromatic nitrogens is 1. The number of ether oxygens (including phenoxy) is 1. The molecule has 0 bridgehead atoms. The standard InChI is InChI=1S/C17H14ClN3O2/c1-21(2)11-15(17(22)13-7-8-20-16(18)9-13)23-14-5-3-12(10-19)4-6-14/h3-9,11H,1-2H3/b15-11-. The number of ketones is 1. The molecule has 0 amide bonds. The third kappa shape index (κ3) is 4.56. The molecule has 0 radical (unpaired) electrons. The molecule has 1 aromatic carbocycles. The van der Waals surface area contributed by atoms with E-state index in [0.29, 0.717) is 16.9 Å². The number of rotatable bonds is 5. The Bertz CT molecular complexity index is 777. The molecule has 1 heterocycles. The summed E-state index contributed by atoms with van der Waals surface area (Å²) >= 11 is 5.83. The molecule has 0 spiro atoms. The number of hydrogen-bond donors (Lipinski definition) is 0. The van der Waals surface area contributed by atoms with Crippen LogP contribution in [-0.4, -0.2) is 29.8 Å². The molecule has 23 heavy (non-hydrogen) atoms. The normalized spacial score (nSPS) is 10.8. The van der Waals surface area contributed by atoms with Gasteiger partial charge < -0.3 is 9.64 Å². The first-order valence-corrected chi connectivity index (χ1v) is 7.10. The maximum absolute atomic E-state index is 12.6. The summed E-state index contributed by atoms with van der Waals surface area (Å²) in [4.78, 5) is 18.2. The number of carbonyl (C=O) groups excluding carboxylic acids is 1.